The van der Waals surface area contributed by atoms with Gasteiger partial charge in [-0.2, -0.15) is 10.1 Å². The van der Waals surface area contributed by atoms with Gasteiger partial charge in [0.05, 0.1) is 45.2 Å². The van der Waals surface area contributed by atoms with Crippen molar-refractivity contribution in [3.8, 4) is 5.75 Å². The van der Waals surface area contributed by atoms with Crippen molar-refractivity contribution >= 4 is 29.0 Å². The molecule has 8 nitrogen and oxygen atoms in total. The Kier molecular flexibility index (Phi) is 6.24. The molecule has 2 rings (SSSR count). The highest BCUT2D eigenvalue weighted by Gasteiger charge is 2.39. The highest BCUT2D eigenvalue weighted by atomic mass is 16.5. The molecule has 134 valence electrons. The number of ether oxygens (including phenoxy) is 2. The highest BCUT2D eigenvalue weighted by molar-refractivity contribution is 6.30. The third-order valence-corrected chi connectivity index (χ3v) is 3.77. The minimum Gasteiger partial charge on any atom is -0.497 e. The van der Waals surface area contributed by atoms with Crippen LogP contribution in [0, 0.1) is 5.92 Å². The van der Waals surface area contributed by atoms with E-state index < -0.39 is 11.9 Å². The molecule has 8 heteroatoms. The Morgan fingerprint density at radius 2 is 2.00 bits per heavy atom. The van der Waals surface area contributed by atoms with Gasteiger partial charge in [-0.3, -0.25) is 14.6 Å². The fourth-order valence-electron chi connectivity index (χ4n) is 2.50. The van der Waals surface area contributed by atoms with Gasteiger partial charge in [0.1, 0.15) is 11.7 Å². The molecule has 0 saturated carbocycles. The number of aliphatic imine (C=N–C) groups is 1. The number of nitrogens with zero attached hydrogens (tertiary/aromatic N) is 3. The van der Waals surface area contributed by atoms with Crippen LogP contribution in [0.4, 0.5) is 5.69 Å². The van der Waals surface area contributed by atoms with E-state index in [-0.39, 0.29) is 25.5 Å². The number of carbonyl (C=O) groups excluding carboxylic acids is 2. The summed E-state index contributed by atoms with van der Waals surface area (Å²) >= 11 is 0. The lowest BCUT2D eigenvalue weighted by atomic mass is 9.96. The number of hydrogen-bond acceptors (Lipinski definition) is 7. The van der Waals surface area contributed by atoms with E-state index in [1.807, 2.05) is 0 Å². The lowest BCUT2D eigenvalue weighted by Crippen LogP contribution is -2.33. The van der Waals surface area contributed by atoms with Gasteiger partial charge in [0.2, 0.25) is 0 Å². The van der Waals surface area contributed by atoms with Gasteiger partial charge in [-0.25, -0.2) is 0 Å². The second-order valence-electron chi connectivity index (χ2n) is 5.37. The molecule has 0 radical (unpaired) electrons. The maximum Gasteiger partial charge on any atom is 0.311 e. The molecule has 1 aromatic rings. The Labute approximate surface area is 145 Å². The summed E-state index contributed by atoms with van der Waals surface area (Å²) in [5, 5.41) is 14.5. The average molecular weight is 347 g/mol. The van der Waals surface area contributed by atoms with E-state index >= 15 is 0 Å². The fourth-order valence-corrected chi connectivity index (χ4v) is 2.50. The Balaban J connectivity index is 2.34. The number of anilines is 1. The van der Waals surface area contributed by atoms with E-state index in [4.69, 9.17) is 9.84 Å². The van der Waals surface area contributed by atoms with Crippen molar-refractivity contribution < 1.29 is 24.2 Å². The molecule has 0 spiro atoms. The number of carbonyl (C=O) groups is 2. The van der Waals surface area contributed by atoms with Crippen LogP contribution in [0.2, 0.25) is 0 Å². The number of esters is 1. The third-order valence-electron chi connectivity index (χ3n) is 3.77. The minimum atomic E-state index is -0.743. The maximum atomic E-state index is 12.8. The topological polar surface area (TPSA) is 101 Å². The summed E-state index contributed by atoms with van der Waals surface area (Å²) in [6, 6.07) is 6.85. The molecular weight excluding hydrogens is 326 g/mol. The van der Waals surface area contributed by atoms with Crippen LogP contribution in [0.5, 0.6) is 5.75 Å². The molecule has 1 heterocycles. The second-order valence-corrected chi connectivity index (χ2v) is 5.37. The van der Waals surface area contributed by atoms with E-state index in [9.17, 15) is 9.59 Å². The Morgan fingerprint density at radius 3 is 2.56 bits per heavy atom. The number of hydrazone groups is 1. The maximum absolute atomic E-state index is 12.8. The SMILES string of the molecule is COC(=O)CC1=NN(c2ccc(OC)cc2)C(=O)C1C(C)=NCCO. The zero-order chi connectivity index (χ0) is 18.4. The van der Waals surface area contributed by atoms with E-state index in [0.717, 1.165) is 0 Å². The van der Waals surface area contributed by atoms with E-state index in [1.165, 1.54) is 12.1 Å². The molecular formula is C17H21N3O5. The molecule has 1 amide bonds. The quantitative estimate of drug-likeness (QED) is 0.586. The second kappa shape index (κ2) is 8.39. The van der Waals surface area contributed by atoms with Crippen LogP contribution in [0.3, 0.4) is 0 Å². The summed E-state index contributed by atoms with van der Waals surface area (Å²) in [4.78, 5) is 28.7. The van der Waals surface area contributed by atoms with Crippen LogP contribution in [0.15, 0.2) is 34.4 Å². The van der Waals surface area contributed by atoms with Crippen molar-refractivity contribution in [2.24, 2.45) is 16.0 Å². The van der Waals surface area contributed by atoms with Crippen molar-refractivity contribution in [2.45, 2.75) is 13.3 Å². The van der Waals surface area contributed by atoms with E-state index in [2.05, 4.69) is 14.8 Å². The first kappa shape index (κ1) is 18.6. The van der Waals surface area contributed by atoms with Crippen LogP contribution >= 0.6 is 0 Å². The van der Waals surface area contributed by atoms with Crippen molar-refractivity contribution in [3.63, 3.8) is 0 Å². The van der Waals surface area contributed by atoms with Gasteiger partial charge in [-0.1, -0.05) is 0 Å². The molecule has 1 unspecified atom stereocenters. The molecule has 1 aromatic carbocycles. The average Bonchev–Trinajstić information content (AvgIpc) is 2.95. The number of amides is 1. The van der Waals surface area contributed by atoms with Gasteiger partial charge in [0, 0.05) is 5.71 Å². The number of hydrogen-bond donors (Lipinski definition) is 1. The summed E-state index contributed by atoms with van der Waals surface area (Å²) < 4.78 is 9.79. The zero-order valence-electron chi connectivity index (χ0n) is 14.4. The first-order valence-corrected chi connectivity index (χ1v) is 7.75. The van der Waals surface area contributed by atoms with Crippen molar-refractivity contribution in [1.82, 2.24) is 0 Å². The molecule has 0 bridgehead atoms. The first-order chi connectivity index (χ1) is 12.0. The Morgan fingerprint density at radius 1 is 1.32 bits per heavy atom. The van der Waals surface area contributed by atoms with Gasteiger partial charge >= 0.3 is 5.97 Å². The summed E-state index contributed by atoms with van der Waals surface area (Å²) in [7, 11) is 2.84. The van der Waals surface area contributed by atoms with Crippen molar-refractivity contribution in [3.05, 3.63) is 24.3 Å². The lowest BCUT2D eigenvalue weighted by Gasteiger charge is -2.15. The molecule has 1 aliphatic rings. The minimum absolute atomic E-state index is 0.106. The first-order valence-electron chi connectivity index (χ1n) is 7.75. The number of aliphatic hydroxyl groups is 1. The molecule has 25 heavy (non-hydrogen) atoms. The summed E-state index contributed by atoms with van der Waals surface area (Å²) in [6.45, 7) is 1.75. The fraction of sp³-hybridized carbons (Fsp3) is 0.412. The van der Waals surface area contributed by atoms with Crippen LogP contribution in [0.1, 0.15) is 13.3 Å². The van der Waals surface area contributed by atoms with E-state index in [0.29, 0.717) is 22.9 Å². The monoisotopic (exact) mass is 347 g/mol. The molecule has 0 fully saturated rings. The van der Waals surface area contributed by atoms with Gasteiger partial charge in [-0.05, 0) is 31.2 Å². The van der Waals surface area contributed by atoms with Crippen LogP contribution in [-0.2, 0) is 14.3 Å². The third kappa shape index (κ3) is 4.21. The van der Waals surface area contributed by atoms with Gasteiger partial charge in [0.25, 0.3) is 5.91 Å². The predicted molar refractivity (Wildman–Crippen MR) is 93.1 cm³/mol. The van der Waals surface area contributed by atoms with Gasteiger partial charge < -0.3 is 14.6 Å². The van der Waals surface area contributed by atoms with Crippen molar-refractivity contribution in [1.29, 1.82) is 0 Å². The standard InChI is InChI=1S/C17H21N3O5/c1-11(18-8-9-21)16-14(10-15(22)25-3)19-20(17(16)23)12-4-6-13(24-2)7-5-12/h4-7,16,21H,8-10H2,1-3H3. The van der Waals surface area contributed by atoms with Crippen LogP contribution < -0.4 is 9.75 Å². The largest absolute Gasteiger partial charge is 0.497 e. The van der Waals surface area contributed by atoms with Crippen LogP contribution in [-0.4, -0.2) is 55.8 Å². The molecule has 1 N–H and O–H groups in total. The number of methoxy groups -OCH3 is 2. The number of aliphatic hydroxyl groups excluding tert-OH is 1. The Hall–Kier alpha value is -2.74. The lowest BCUT2D eigenvalue weighted by molar-refractivity contribution is -0.139. The van der Waals surface area contributed by atoms with Gasteiger partial charge in [0.15, 0.2) is 0 Å². The number of rotatable bonds is 7. The predicted octanol–water partition coefficient (Wildman–Crippen LogP) is 1.03. The molecule has 0 aromatic heterocycles. The van der Waals surface area contributed by atoms with Gasteiger partial charge in [-0.15, -0.1) is 0 Å². The smallest absolute Gasteiger partial charge is 0.311 e. The molecule has 1 aliphatic heterocycles. The summed E-state index contributed by atoms with van der Waals surface area (Å²) in [5.41, 5.74) is 1.43. The number of benzene rings is 1. The highest BCUT2D eigenvalue weighted by Crippen LogP contribution is 2.27. The summed E-state index contributed by atoms with van der Waals surface area (Å²) in [6.07, 6.45) is -0.106. The normalized spacial score (nSPS) is 17.5. The van der Waals surface area contributed by atoms with Crippen molar-refractivity contribution in [2.75, 3.05) is 32.4 Å². The summed E-state index contributed by atoms with van der Waals surface area (Å²) in [5.74, 6) is -0.870. The molecule has 1 atom stereocenters. The molecule has 0 saturated heterocycles. The molecule has 0 aliphatic carbocycles. The zero-order valence-corrected chi connectivity index (χ0v) is 14.4. The van der Waals surface area contributed by atoms with E-state index in [1.54, 1.807) is 38.3 Å². The Bertz CT molecular complexity index is 697. The van der Waals surface area contributed by atoms with Crippen LogP contribution in [0.25, 0.3) is 0 Å².